The summed E-state index contributed by atoms with van der Waals surface area (Å²) in [5.41, 5.74) is 10.5. The Morgan fingerprint density at radius 1 is 0.861 bits per heavy atom. The number of benzene rings is 3. The second-order valence-electron chi connectivity index (χ2n) is 8.73. The van der Waals surface area contributed by atoms with Gasteiger partial charge in [0.15, 0.2) is 11.5 Å². The highest BCUT2D eigenvalue weighted by molar-refractivity contribution is 6.03. The maximum absolute atomic E-state index is 12.9. The number of methoxy groups -OCH3 is 2. The third-order valence-electron chi connectivity index (χ3n) is 6.50. The fraction of sp³-hybridized carbons (Fsp3) is 0.286. The van der Waals surface area contributed by atoms with Crippen molar-refractivity contribution in [2.24, 2.45) is 5.73 Å². The largest absolute Gasteiger partial charge is 0.493 e. The Hall–Kier alpha value is -4.20. The minimum Gasteiger partial charge on any atom is -0.493 e. The lowest BCUT2D eigenvalue weighted by Crippen LogP contribution is -2.47. The van der Waals surface area contributed by atoms with Gasteiger partial charge in [0.2, 0.25) is 0 Å². The first-order valence-corrected chi connectivity index (χ1v) is 11.9. The zero-order valence-electron chi connectivity index (χ0n) is 20.9. The Morgan fingerprint density at radius 3 is 2.17 bits per heavy atom. The van der Waals surface area contributed by atoms with E-state index in [-0.39, 0.29) is 5.91 Å². The van der Waals surface area contributed by atoms with Crippen molar-refractivity contribution in [3.63, 3.8) is 0 Å². The lowest BCUT2D eigenvalue weighted by Gasteiger charge is -2.38. The Morgan fingerprint density at radius 2 is 1.53 bits per heavy atom. The van der Waals surface area contributed by atoms with Gasteiger partial charge >= 0.3 is 0 Å². The number of carbonyl (C=O) groups is 2. The number of carbonyl (C=O) groups excluding carboxylic acids is 2. The number of amides is 2. The average molecular weight is 489 g/mol. The normalized spacial score (nSPS) is 13.3. The van der Waals surface area contributed by atoms with Crippen LogP contribution in [0.2, 0.25) is 0 Å². The summed E-state index contributed by atoms with van der Waals surface area (Å²) in [6, 6.07) is 18.9. The molecular weight excluding hydrogens is 456 g/mol. The average Bonchev–Trinajstić information content (AvgIpc) is 2.91. The van der Waals surface area contributed by atoms with Crippen LogP contribution in [0.5, 0.6) is 11.5 Å². The number of hydrogen-bond acceptors (Lipinski definition) is 6. The van der Waals surface area contributed by atoms with Gasteiger partial charge in [-0.2, -0.15) is 0 Å². The van der Waals surface area contributed by atoms with Crippen LogP contribution in [0.25, 0.3) is 0 Å². The van der Waals surface area contributed by atoms with Crippen LogP contribution in [0.4, 0.5) is 11.4 Å². The predicted octanol–water partition coefficient (Wildman–Crippen LogP) is 3.37. The van der Waals surface area contributed by atoms with Crippen LogP contribution in [0.15, 0.2) is 60.7 Å². The smallest absolute Gasteiger partial charge is 0.251 e. The predicted molar refractivity (Wildman–Crippen MR) is 141 cm³/mol. The van der Waals surface area contributed by atoms with Gasteiger partial charge in [-0.25, -0.2) is 0 Å². The third-order valence-corrected chi connectivity index (χ3v) is 6.50. The van der Waals surface area contributed by atoms with Gasteiger partial charge in [0.1, 0.15) is 0 Å². The van der Waals surface area contributed by atoms with Gasteiger partial charge in [-0.3, -0.25) is 9.59 Å². The Balaban J connectivity index is 1.44. The molecule has 1 saturated heterocycles. The Bertz CT molecular complexity index is 1250. The van der Waals surface area contributed by atoms with Gasteiger partial charge in [-0.15, -0.1) is 0 Å². The highest BCUT2D eigenvalue weighted by atomic mass is 16.5. The molecule has 0 atom stereocenters. The Labute approximate surface area is 211 Å². The summed E-state index contributed by atoms with van der Waals surface area (Å²) in [5, 5.41) is 2.89. The second kappa shape index (κ2) is 11.0. The molecule has 0 aliphatic carbocycles. The molecule has 0 unspecified atom stereocenters. The molecule has 3 aromatic carbocycles. The van der Waals surface area contributed by atoms with Crippen molar-refractivity contribution in [1.82, 2.24) is 5.32 Å². The van der Waals surface area contributed by atoms with Gasteiger partial charge in [0.05, 0.1) is 19.8 Å². The number of ether oxygens (including phenoxy) is 2. The van der Waals surface area contributed by atoms with Crippen molar-refractivity contribution >= 4 is 23.2 Å². The molecule has 0 bridgehead atoms. The van der Waals surface area contributed by atoms with Crippen LogP contribution in [-0.4, -0.2) is 52.2 Å². The van der Waals surface area contributed by atoms with E-state index in [1.807, 2.05) is 24.3 Å². The number of nitrogens with one attached hydrogen (secondary N) is 1. The summed E-state index contributed by atoms with van der Waals surface area (Å²) in [6.45, 7) is 5.57. The van der Waals surface area contributed by atoms with E-state index in [0.29, 0.717) is 29.2 Å². The number of rotatable bonds is 8. The molecule has 3 N–H and O–H groups in total. The fourth-order valence-corrected chi connectivity index (χ4v) is 4.53. The van der Waals surface area contributed by atoms with Crippen LogP contribution in [0.3, 0.4) is 0 Å². The number of hydrogen-bond donors (Lipinski definition) is 2. The molecule has 4 rings (SSSR count). The van der Waals surface area contributed by atoms with E-state index in [9.17, 15) is 9.59 Å². The lowest BCUT2D eigenvalue weighted by molar-refractivity contribution is 0.0951. The van der Waals surface area contributed by atoms with Crippen molar-refractivity contribution in [2.45, 2.75) is 13.5 Å². The van der Waals surface area contributed by atoms with Crippen molar-refractivity contribution in [1.29, 1.82) is 0 Å². The van der Waals surface area contributed by atoms with E-state index in [2.05, 4.69) is 40.2 Å². The van der Waals surface area contributed by atoms with E-state index in [1.165, 1.54) is 11.3 Å². The zero-order chi connectivity index (χ0) is 25.7. The number of nitrogens with zero attached hydrogens (tertiary/aromatic N) is 2. The van der Waals surface area contributed by atoms with E-state index < -0.39 is 5.91 Å². The van der Waals surface area contributed by atoms with Gasteiger partial charge < -0.3 is 30.3 Å². The minimum atomic E-state index is -0.555. The molecule has 0 spiro atoms. The molecule has 0 aromatic heterocycles. The molecule has 36 heavy (non-hydrogen) atoms. The van der Waals surface area contributed by atoms with Crippen LogP contribution < -0.4 is 30.3 Å². The molecule has 1 aliphatic heterocycles. The van der Waals surface area contributed by atoms with Crippen molar-refractivity contribution in [3.8, 4) is 11.5 Å². The number of primary amides is 1. The monoisotopic (exact) mass is 488 g/mol. The Kier molecular flexibility index (Phi) is 7.63. The van der Waals surface area contributed by atoms with E-state index >= 15 is 0 Å². The van der Waals surface area contributed by atoms with E-state index in [1.54, 1.807) is 32.4 Å². The molecule has 188 valence electrons. The standard InChI is InChI=1S/C28H32N4O4/c1-19-6-4-5-7-23(19)31-12-14-32(15-13-31)24-10-9-21(17-22(24)27(29)33)28(34)30-18-20-8-11-25(35-2)26(16-20)36-3/h4-11,16-17H,12-15,18H2,1-3H3,(H2,29,33)(H,30,34). The van der Waals surface area contributed by atoms with Crippen molar-refractivity contribution in [3.05, 3.63) is 82.9 Å². The number of nitrogens with two attached hydrogens (primary N) is 1. The van der Waals surface area contributed by atoms with E-state index in [0.717, 1.165) is 37.4 Å². The van der Waals surface area contributed by atoms with Crippen LogP contribution in [0.1, 0.15) is 31.8 Å². The number of aryl methyl sites for hydroxylation is 1. The molecule has 8 nitrogen and oxygen atoms in total. The minimum absolute atomic E-state index is 0.289. The highest BCUT2D eigenvalue weighted by Gasteiger charge is 2.23. The molecule has 0 radical (unpaired) electrons. The first kappa shape index (κ1) is 24.9. The number of piperazine rings is 1. The molecule has 8 heteroatoms. The third kappa shape index (κ3) is 5.38. The van der Waals surface area contributed by atoms with Crippen molar-refractivity contribution in [2.75, 3.05) is 50.2 Å². The molecule has 1 heterocycles. The van der Waals surface area contributed by atoms with E-state index in [4.69, 9.17) is 15.2 Å². The quantitative estimate of drug-likeness (QED) is 0.505. The van der Waals surface area contributed by atoms with Gasteiger partial charge in [-0.1, -0.05) is 24.3 Å². The summed E-state index contributed by atoms with van der Waals surface area (Å²) < 4.78 is 10.6. The van der Waals surface area contributed by atoms with Crippen molar-refractivity contribution < 1.29 is 19.1 Å². The first-order chi connectivity index (χ1) is 17.4. The molecule has 2 amide bonds. The van der Waals surface area contributed by atoms with Crippen LogP contribution >= 0.6 is 0 Å². The molecule has 1 aliphatic rings. The van der Waals surface area contributed by atoms with Gasteiger partial charge in [-0.05, 0) is 54.4 Å². The summed E-state index contributed by atoms with van der Waals surface area (Å²) >= 11 is 0. The van der Waals surface area contributed by atoms with Gasteiger partial charge in [0, 0.05) is 49.7 Å². The van der Waals surface area contributed by atoms with Gasteiger partial charge in [0.25, 0.3) is 11.8 Å². The maximum atomic E-state index is 12.9. The summed E-state index contributed by atoms with van der Waals surface area (Å²) in [5.74, 6) is 0.366. The number of para-hydroxylation sites is 1. The molecule has 1 fully saturated rings. The van der Waals surface area contributed by atoms with Crippen LogP contribution in [0, 0.1) is 6.92 Å². The summed E-state index contributed by atoms with van der Waals surface area (Å²) in [6.07, 6.45) is 0. The van der Waals surface area contributed by atoms with Crippen LogP contribution in [-0.2, 0) is 6.54 Å². The second-order valence-corrected chi connectivity index (χ2v) is 8.73. The highest BCUT2D eigenvalue weighted by Crippen LogP contribution is 2.28. The molecule has 3 aromatic rings. The topological polar surface area (TPSA) is 97.1 Å². The summed E-state index contributed by atoms with van der Waals surface area (Å²) in [4.78, 5) is 29.7. The zero-order valence-corrected chi connectivity index (χ0v) is 20.9. The maximum Gasteiger partial charge on any atom is 0.251 e. The summed E-state index contributed by atoms with van der Waals surface area (Å²) in [7, 11) is 3.14. The molecule has 0 saturated carbocycles. The fourth-order valence-electron chi connectivity index (χ4n) is 4.53. The molecular formula is C28H32N4O4. The number of anilines is 2. The first-order valence-electron chi connectivity index (χ1n) is 11.9. The lowest BCUT2D eigenvalue weighted by atomic mass is 10.0. The SMILES string of the molecule is COc1ccc(CNC(=O)c2ccc(N3CCN(c4ccccc4C)CC3)c(C(N)=O)c2)cc1OC.